The molecule has 1 heterocycles. The highest BCUT2D eigenvalue weighted by atomic mass is 16.6. The summed E-state index contributed by atoms with van der Waals surface area (Å²) in [6.45, 7) is 3.65. The van der Waals surface area contributed by atoms with Gasteiger partial charge < -0.3 is 19.8 Å². The highest BCUT2D eigenvalue weighted by Gasteiger charge is 2.33. The molecule has 1 rings (SSSR count). The van der Waals surface area contributed by atoms with Crippen LogP contribution in [0.3, 0.4) is 0 Å². The molecule has 1 fully saturated rings. The average molecular weight is 229 g/mol. The van der Waals surface area contributed by atoms with Crippen LogP contribution in [0.15, 0.2) is 12.7 Å². The largest absolute Gasteiger partial charge is 0.481 e. The summed E-state index contributed by atoms with van der Waals surface area (Å²) in [7, 11) is 0. The van der Waals surface area contributed by atoms with Crippen molar-refractivity contribution in [3.63, 3.8) is 0 Å². The van der Waals surface area contributed by atoms with Crippen molar-refractivity contribution >= 4 is 12.1 Å². The summed E-state index contributed by atoms with van der Waals surface area (Å²) in [5.41, 5.74) is 0. The number of hydrogen-bond acceptors (Lipinski definition) is 4. The summed E-state index contributed by atoms with van der Waals surface area (Å²) in [5, 5.41) is 18.3. The van der Waals surface area contributed by atoms with E-state index in [2.05, 4.69) is 6.58 Å². The molecule has 2 atom stereocenters. The van der Waals surface area contributed by atoms with E-state index in [0.717, 1.165) is 0 Å². The number of carboxylic acid groups (broad SMARTS) is 1. The van der Waals surface area contributed by atoms with Gasteiger partial charge in [-0.05, 0) is 6.42 Å². The van der Waals surface area contributed by atoms with E-state index < -0.39 is 24.1 Å². The first-order valence-corrected chi connectivity index (χ1v) is 4.98. The van der Waals surface area contributed by atoms with Crippen molar-refractivity contribution in [2.75, 3.05) is 19.7 Å². The number of ether oxygens (including phenoxy) is 1. The zero-order valence-electron chi connectivity index (χ0n) is 8.83. The number of rotatable bonds is 3. The Morgan fingerprint density at radius 2 is 2.19 bits per heavy atom. The fraction of sp³-hybridized carbons (Fsp3) is 0.600. The summed E-state index contributed by atoms with van der Waals surface area (Å²) in [6.07, 6.45) is 0.157. The smallest absolute Gasteiger partial charge is 0.410 e. The Labute approximate surface area is 93.1 Å². The van der Waals surface area contributed by atoms with Crippen LogP contribution in [-0.4, -0.2) is 53.0 Å². The normalized spacial score (nSPS) is 24.9. The topological polar surface area (TPSA) is 87.1 Å². The maximum absolute atomic E-state index is 11.4. The van der Waals surface area contributed by atoms with Gasteiger partial charge in [0, 0.05) is 13.1 Å². The van der Waals surface area contributed by atoms with Crippen molar-refractivity contribution in [2.24, 2.45) is 5.92 Å². The number of nitrogens with zero attached hydrogens (tertiary/aromatic N) is 1. The van der Waals surface area contributed by atoms with Gasteiger partial charge in [-0.2, -0.15) is 0 Å². The zero-order valence-corrected chi connectivity index (χ0v) is 8.83. The summed E-state index contributed by atoms with van der Waals surface area (Å²) in [5.74, 6) is -1.75. The number of aliphatic carboxylic acids is 1. The number of piperidine rings is 1. The molecule has 6 heteroatoms. The van der Waals surface area contributed by atoms with Crippen LogP contribution in [0.1, 0.15) is 6.42 Å². The number of β-amino-alcohol motifs (C(OH)–C–C–N with tert-alkyl or cyclic N) is 1. The van der Waals surface area contributed by atoms with Crippen LogP contribution in [0, 0.1) is 5.92 Å². The third-order valence-corrected chi connectivity index (χ3v) is 2.36. The van der Waals surface area contributed by atoms with Gasteiger partial charge in [-0.25, -0.2) is 4.79 Å². The molecule has 0 spiro atoms. The average Bonchev–Trinajstić information content (AvgIpc) is 2.24. The Morgan fingerprint density at radius 3 is 2.75 bits per heavy atom. The molecule has 1 aliphatic heterocycles. The number of carbonyl (C=O) groups excluding carboxylic acids is 1. The van der Waals surface area contributed by atoms with Crippen LogP contribution < -0.4 is 0 Å². The standard InChI is InChI=1S/C10H15NO5/c1-2-3-16-10(15)11-5-7(9(13)14)4-8(12)6-11/h2,7-8,12H,1,3-6H2,(H,13,14)/t7-,8-/m1/s1. The quantitative estimate of drug-likeness (QED) is 0.669. The summed E-state index contributed by atoms with van der Waals surface area (Å²) >= 11 is 0. The third-order valence-electron chi connectivity index (χ3n) is 2.36. The summed E-state index contributed by atoms with van der Waals surface area (Å²) in [6, 6.07) is 0. The van der Waals surface area contributed by atoms with Gasteiger partial charge in [0.15, 0.2) is 0 Å². The first-order chi connectivity index (χ1) is 7.54. The molecule has 0 saturated carbocycles. The number of aliphatic hydroxyl groups is 1. The zero-order chi connectivity index (χ0) is 12.1. The van der Waals surface area contributed by atoms with Gasteiger partial charge in [0.05, 0.1) is 12.0 Å². The van der Waals surface area contributed by atoms with Gasteiger partial charge >= 0.3 is 12.1 Å². The molecular formula is C10H15NO5. The number of aliphatic hydroxyl groups excluding tert-OH is 1. The minimum absolute atomic E-state index is 0.0718. The van der Waals surface area contributed by atoms with Crippen molar-refractivity contribution in [3.05, 3.63) is 12.7 Å². The molecule has 0 aromatic carbocycles. The second-order valence-electron chi connectivity index (χ2n) is 3.70. The molecular weight excluding hydrogens is 214 g/mol. The molecule has 2 N–H and O–H groups in total. The lowest BCUT2D eigenvalue weighted by molar-refractivity contribution is -0.145. The lowest BCUT2D eigenvalue weighted by atomic mass is 9.96. The molecule has 1 amide bonds. The van der Waals surface area contributed by atoms with Gasteiger partial charge in [0.2, 0.25) is 0 Å². The van der Waals surface area contributed by atoms with Crippen molar-refractivity contribution in [3.8, 4) is 0 Å². The highest BCUT2D eigenvalue weighted by molar-refractivity contribution is 5.73. The van der Waals surface area contributed by atoms with Crippen LogP contribution in [-0.2, 0) is 9.53 Å². The Balaban J connectivity index is 2.56. The maximum Gasteiger partial charge on any atom is 0.410 e. The Morgan fingerprint density at radius 1 is 1.50 bits per heavy atom. The number of carbonyl (C=O) groups is 2. The molecule has 1 saturated heterocycles. The minimum atomic E-state index is -1.01. The summed E-state index contributed by atoms with van der Waals surface area (Å²) in [4.78, 5) is 23.4. The van der Waals surface area contributed by atoms with Crippen molar-refractivity contribution in [1.29, 1.82) is 0 Å². The molecule has 0 unspecified atom stereocenters. The molecule has 90 valence electrons. The van der Waals surface area contributed by atoms with E-state index in [4.69, 9.17) is 9.84 Å². The number of carboxylic acids is 1. The lowest BCUT2D eigenvalue weighted by Gasteiger charge is -2.32. The number of hydrogen-bond donors (Lipinski definition) is 2. The van der Waals surface area contributed by atoms with E-state index in [-0.39, 0.29) is 26.1 Å². The van der Waals surface area contributed by atoms with E-state index in [1.165, 1.54) is 11.0 Å². The fourth-order valence-corrected chi connectivity index (χ4v) is 1.62. The van der Waals surface area contributed by atoms with Crippen LogP contribution in [0.5, 0.6) is 0 Å². The Hall–Kier alpha value is -1.56. The van der Waals surface area contributed by atoms with E-state index in [1.807, 2.05) is 0 Å². The maximum atomic E-state index is 11.4. The van der Waals surface area contributed by atoms with Crippen molar-refractivity contribution in [2.45, 2.75) is 12.5 Å². The fourth-order valence-electron chi connectivity index (χ4n) is 1.62. The Kier molecular flexibility index (Phi) is 4.30. The molecule has 16 heavy (non-hydrogen) atoms. The van der Waals surface area contributed by atoms with Crippen LogP contribution in [0.25, 0.3) is 0 Å². The third kappa shape index (κ3) is 3.23. The van der Waals surface area contributed by atoms with Crippen LogP contribution >= 0.6 is 0 Å². The highest BCUT2D eigenvalue weighted by Crippen LogP contribution is 2.17. The predicted molar refractivity (Wildman–Crippen MR) is 54.9 cm³/mol. The molecule has 6 nitrogen and oxygen atoms in total. The van der Waals surface area contributed by atoms with Crippen LogP contribution in [0.4, 0.5) is 4.79 Å². The lowest BCUT2D eigenvalue weighted by Crippen LogP contribution is -2.48. The first-order valence-electron chi connectivity index (χ1n) is 4.98. The van der Waals surface area contributed by atoms with Gasteiger partial charge in [-0.3, -0.25) is 4.79 Å². The second-order valence-corrected chi connectivity index (χ2v) is 3.70. The van der Waals surface area contributed by atoms with Gasteiger partial charge in [0.25, 0.3) is 0 Å². The Bertz CT molecular complexity index is 291. The second kappa shape index (κ2) is 5.50. The van der Waals surface area contributed by atoms with E-state index in [9.17, 15) is 14.7 Å². The monoisotopic (exact) mass is 229 g/mol. The van der Waals surface area contributed by atoms with Crippen LogP contribution in [0.2, 0.25) is 0 Å². The van der Waals surface area contributed by atoms with Crippen molar-refractivity contribution in [1.82, 2.24) is 4.90 Å². The molecule has 0 radical (unpaired) electrons. The SMILES string of the molecule is C=CCOC(=O)N1C[C@H](O)C[C@@H](C(=O)O)C1. The molecule has 0 aromatic rings. The molecule has 0 aromatic heterocycles. The van der Waals surface area contributed by atoms with E-state index >= 15 is 0 Å². The first kappa shape index (κ1) is 12.5. The van der Waals surface area contributed by atoms with Gasteiger partial charge in [-0.1, -0.05) is 12.7 Å². The number of amides is 1. The molecule has 0 bridgehead atoms. The molecule has 1 aliphatic rings. The van der Waals surface area contributed by atoms with E-state index in [0.29, 0.717) is 0 Å². The minimum Gasteiger partial charge on any atom is -0.481 e. The predicted octanol–water partition coefficient (Wildman–Crippen LogP) is 0.0764. The summed E-state index contributed by atoms with van der Waals surface area (Å²) < 4.78 is 4.77. The number of likely N-dealkylation sites (tertiary alicyclic amines) is 1. The van der Waals surface area contributed by atoms with Crippen molar-refractivity contribution < 1.29 is 24.5 Å². The van der Waals surface area contributed by atoms with E-state index in [1.54, 1.807) is 0 Å². The van der Waals surface area contributed by atoms with Gasteiger partial charge in [0.1, 0.15) is 6.61 Å². The molecule has 0 aliphatic carbocycles. The van der Waals surface area contributed by atoms with Gasteiger partial charge in [-0.15, -0.1) is 0 Å².